The highest BCUT2D eigenvalue weighted by Gasteiger charge is 2.48. The maximum atomic E-state index is 13.4. The summed E-state index contributed by atoms with van der Waals surface area (Å²) in [6.07, 6.45) is 1.18. The fourth-order valence-electron chi connectivity index (χ4n) is 2.44. The van der Waals surface area contributed by atoms with Gasteiger partial charge in [-0.3, -0.25) is 4.79 Å². The molecule has 0 radical (unpaired) electrons. The van der Waals surface area contributed by atoms with E-state index in [0.717, 1.165) is 0 Å². The SMILES string of the molecule is CC1CC(C#N)(C(=O)NCc2ccccc2F)C1. The Morgan fingerprint density at radius 1 is 1.56 bits per heavy atom. The number of carbonyl (C=O) groups is 1. The number of hydrogen-bond donors (Lipinski definition) is 1. The van der Waals surface area contributed by atoms with E-state index in [2.05, 4.69) is 11.4 Å². The second-order valence-corrected chi connectivity index (χ2v) is 4.98. The van der Waals surface area contributed by atoms with Gasteiger partial charge in [0.15, 0.2) is 0 Å². The van der Waals surface area contributed by atoms with E-state index in [4.69, 9.17) is 5.26 Å². The molecule has 0 bridgehead atoms. The molecule has 0 spiro atoms. The molecule has 1 aromatic rings. The Bertz CT molecular complexity index is 501. The van der Waals surface area contributed by atoms with Gasteiger partial charge in [-0.05, 0) is 24.8 Å². The summed E-state index contributed by atoms with van der Waals surface area (Å²) in [6, 6.07) is 8.39. The Labute approximate surface area is 106 Å². The molecule has 18 heavy (non-hydrogen) atoms. The van der Waals surface area contributed by atoms with Crippen LogP contribution in [-0.2, 0) is 11.3 Å². The molecule has 0 aromatic heterocycles. The first kappa shape index (κ1) is 12.6. The van der Waals surface area contributed by atoms with E-state index in [9.17, 15) is 9.18 Å². The van der Waals surface area contributed by atoms with E-state index in [1.807, 2.05) is 6.92 Å². The number of amides is 1. The van der Waals surface area contributed by atoms with Crippen LogP contribution in [0, 0.1) is 28.5 Å². The standard InChI is InChI=1S/C14H15FN2O/c1-10-6-14(7-10,9-16)13(18)17-8-11-4-2-3-5-12(11)15/h2-5,10H,6-8H2,1H3,(H,17,18). The summed E-state index contributed by atoms with van der Waals surface area (Å²) in [6.45, 7) is 2.14. The van der Waals surface area contributed by atoms with Crippen LogP contribution in [0.3, 0.4) is 0 Å². The third-order valence-electron chi connectivity index (χ3n) is 3.44. The topological polar surface area (TPSA) is 52.9 Å². The lowest BCUT2D eigenvalue weighted by Crippen LogP contribution is -2.47. The first-order valence-electron chi connectivity index (χ1n) is 6.00. The molecule has 0 saturated heterocycles. The predicted octanol–water partition coefficient (Wildman–Crippen LogP) is 2.38. The molecule has 1 aromatic carbocycles. The summed E-state index contributed by atoms with van der Waals surface area (Å²) in [5.74, 6) is -0.221. The van der Waals surface area contributed by atoms with Crippen molar-refractivity contribution < 1.29 is 9.18 Å². The van der Waals surface area contributed by atoms with Gasteiger partial charge in [0.25, 0.3) is 0 Å². The van der Waals surface area contributed by atoms with Crippen molar-refractivity contribution in [3.05, 3.63) is 35.6 Å². The van der Waals surface area contributed by atoms with Crippen molar-refractivity contribution in [3.63, 3.8) is 0 Å². The highest BCUT2D eigenvalue weighted by atomic mass is 19.1. The lowest BCUT2D eigenvalue weighted by molar-refractivity contribution is -0.134. The van der Waals surface area contributed by atoms with Gasteiger partial charge in [0.2, 0.25) is 5.91 Å². The van der Waals surface area contributed by atoms with E-state index >= 15 is 0 Å². The second-order valence-electron chi connectivity index (χ2n) is 4.98. The highest BCUT2D eigenvalue weighted by molar-refractivity contribution is 5.86. The monoisotopic (exact) mass is 246 g/mol. The summed E-state index contributed by atoms with van der Waals surface area (Å²) < 4.78 is 13.4. The van der Waals surface area contributed by atoms with Gasteiger partial charge < -0.3 is 5.32 Å². The van der Waals surface area contributed by atoms with Gasteiger partial charge in [-0.2, -0.15) is 5.26 Å². The molecule has 2 rings (SSSR count). The van der Waals surface area contributed by atoms with Crippen molar-refractivity contribution in [3.8, 4) is 6.07 Å². The third kappa shape index (κ3) is 2.21. The molecule has 1 N–H and O–H groups in total. The minimum Gasteiger partial charge on any atom is -0.351 e. The third-order valence-corrected chi connectivity index (χ3v) is 3.44. The van der Waals surface area contributed by atoms with Crippen molar-refractivity contribution in [2.75, 3.05) is 0 Å². The summed E-state index contributed by atoms with van der Waals surface area (Å²) in [4.78, 5) is 12.0. The second kappa shape index (κ2) is 4.77. The molecular formula is C14H15FN2O. The fourth-order valence-corrected chi connectivity index (χ4v) is 2.44. The van der Waals surface area contributed by atoms with Gasteiger partial charge in [-0.25, -0.2) is 4.39 Å². The average molecular weight is 246 g/mol. The maximum Gasteiger partial charge on any atom is 0.240 e. The van der Waals surface area contributed by atoms with Crippen LogP contribution >= 0.6 is 0 Å². The quantitative estimate of drug-likeness (QED) is 0.890. The van der Waals surface area contributed by atoms with Crippen LogP contribution in [0.15, 0.2) is 24.3 Å². The smallest absolute Gasteiger partial charge is 0.240 e. The summed E-state index contributed by atoms with van der Waals surface area (Å²) in [7, 11) is 0. The molecular weight excluding hydrogens is 231 g/mol. The minimum atomic E-state index is -0.898. The van der Waals surface area contributed by atoms with Crippen molar-refractivity contribution in [1.29, 1.82) is 5.26 Å². The van der Waals surface area contributed by atoms with Crippen molar-refractivity contribution in [2.45, 2.75) is 26.3 Å². The Morgan fingerprint density at radius 2 is 2.22 bits per heavy atom. The predicted molar refractivity (Wildman–Crippen MR) is 64.7 cm³/mol. The molecule has 4 heteroatoms. The molecule has 1 fully saturated rings. The number of rotatable bonds is 3. The Kier molecular flexibility index (Phi) is 3.33. The average Bonchev–Trinajstić information content (AvgIpc) is 2.33. The van der Waals surface area contributed by atoms with Crippen LogP contribution in [0.2, 0.25) is 0 Å². The fraction of sp³-hybridized carbons (Fsp3) is 0.429. The Balaban J connectivity index is 1.97. The number of nitriles is 1. The van der Waals surface area contributed by atoms with Crippen LogP contribution in [0.4, 0.5) is 4.39 Å². The van der Waals surface area contributed by atoms with Gasteiger partial charge in [0, 0.05) is 12.1 Å². The van der Waals surface area contributed by atoms with Gasteiger partial charge in [-0.1, -0.05) is 25.1 Å². The molecule has 1 aliphatic rings. The maximum absolute atomic E-state index is 13.4. The molecule has 1 saturated carbocycles. The van der Waals surface area contributed by atoms with Gasteiger partial charge in [0.05, 0.1) is 6.07 Å². The molecule has 0 atom stereocenters. The number of benzene rings is 1. The molecule has 94 valence electrons. The first-order valence-corrected chi connectivity index (χ1v) is 6.00. The zero-order valence-corrected chi connectivity index (χ0v) is 10.2. The van der Waals surface area contributed by atoms with Gasteiger partial charge >= 0.3 is 0 Å². The van der Waals surface area contributed by atoms with E-state index < -0.39 is 5.41 Å². The number of nitrogens with one attached hydrogen (secondary N) is 1. The molecule has 0 heterocycles. The molecule has 0 aliphatic heterocycles. The van der Waals surface area contributed by atoms with Crippen LogP contribution < -0.4 is 5.32 Å². The first-order chi connectivity index (χ1) is 8.57. The van der Waals surface area contributed by atoms with E-state index in [0.29, 0.717) is 24.3 Å². The summed E-state index contributed by atoms with van der Waals surface area (Å²) >= 11 is 0. The number of hydrogen-bond acceptors (Lipinski definition) is 2. The number of carbonyl (C=O) groups excluding carboxylic acids is 1. The van der Waals surface area contributed by atoms with E-state index in [1.165, 1.54) is 6.07 Å². The van der Waals surface area contributed by atoms with Gasteiger partial charge in [0.1, 0.15) is 11.2 Å². The zero-order valence-electron chi connectivity index (χ0n) is 10.2. The molecule has 0 unspecified atom stereocenters. The summed E-state index contributed by atoms with van der Waals surface area (Å²) in [5.41, 5.74) is -0.462. The van der Waals surface area contributed by atoms with Crippen LogP contribution in [-0.4, -0.2) is 5.91 Å². The van der Waals surface area contributed by atoms with Crippen molar-refractivity contribution >= 4 is 5.91 Å². The number of halogens is 1. The number of nitrogens with zero attached hydrogens (tertiary/aromatic N) is 1. The molecule has 1 aliphatic carbocycles. The van der Waals surface area contributed by atoms with Crippen molar-refractivity contribution in [2.24, 2.45) is 11.3 Å². The van der Waals surface area contributed by atoms with Gasteiger partial charge in [-0.15, -0.1) is 0 Å². The molecule has 1 amide bonds. The van der Waals surface area contributed by atoms with Crippen LogP contribution in [0.25, 0.3) is 0 Å². The highest BCUT2D eigenvalue weighted by Crippen LogP contribution is 2.45. The van der Waals surface area contributed by atoms with Crippen LogP contribution in [0.5, 0.6) is 0 Å². The largest absolute Gasteiger partial charge is 0.351 e. The van der Waals surface area contributed by atoms with Crippen molar-refractivity contribution in [1.82, 2.24) is 5.32 Å². The van der Waals surface area contributed by atoms with Crippen LogP contribution in [0.1, 0.15) is 25.3 Å². The Morgan fingerprint density at radius 3 is 2.78 bits per heavy atom. The molecule has 3 nitrogen and oxygen atoms in total. The lowest BCUT2D eigenvalue weighted by Gasteiger charge is -2.39. The summed E-state index contributed by atoms with van der Waals surface area (Å²) in [5, 5.41) is 11.7. The van der Waals surface area contributed by atoms with E-state index in [-0.39, 0.29) is 18.3 Å². The minimum absolute atomic E-state index is 0.128. The van der Waals surface area contributed by atoms with E-state index in [1.54, 1.807) is 18.2 Å². The zero-order chi connectivity index (χ0) is 13.2. The lowest BCUT2D eigenvalue weighted by atomic mass is 9.63. The Hall–Kier alpha value is -1.89. The normalized spacial score (nSPS) is 25.9.